The van der Waals surface area contributed by atoms with E-state index < -0.39 is 0 Å². The number of aryl methyl sites for hydroxylation is 1. The Morgan fingerprint density at radius 1 is 1.27 bits per heavy atom. The zero-order chi connectivity index (χ0) is 15.5. The first-order valence-corrected chi connectivity index (χ1v) is 8.61. The van der Waals surface area contributed by atoms with Crippen LogP contribution in [0.25, 0.3) is 0 Å². The SMILES string of the molecule is CC(C)CN1CCN(c2ncnc3c2CCC3)CC1CCO. The van der Waals surface area contributed by atoms with Crippen molar-refractivity contribution in [2.75, 3.05) is 37.7 Å². The van der Waals surface area contributed by atoms with Crippen LogP contribution in [0.3, 0.4) is 0 Å². The minimum absolute atomic E-state index is 0.259. The topological polar surface area (TPSA) is 52.5 Å². The fourth-order valence-corrected chi connectivity index (χ4v) is 3.83. The highest BCUT2D eigenvalue weighted by Crippen LogP contribution is 2.29. The second kappa shape index (κ2) is 6.92. The molecule has 2 heterocycles. The number of nitrogens with zero attached hydrogens (tertiary/aromatic N) is 4. The quantitative estimate of drug-likeness (QED) is 0.893. The van der Waals surface area contributed by atoms with E-state index in [9.17, 15) is 5.11 Å². The highest BCUT2D eigenvalue weighted by atomic mass is 16.3. The van der Waals surface area contributed by atoms with E-state index in [2.05, 4.69) is 33.6 Å². The zero-order valence-corrected chi connectivity index (χ0v) is 13.8. The van der Waals surface area contributed by atoms with Crippen molar-refractivity contribution >= 4 is 5.82 Å². The predicted molar refractivity (Wildman–Crippen MR) is 88.2 cm³/mol. The molecule has 0 spiro atoms. The lowest BCUT2D eigenvalue weighted by atomic mass is 10.1. The number of fused-ring (bicyclic) bond motifs is 1. The van der Waals surface area contributed by atoms with Gasteiger partial charge in [-0.1, -0.05) is 13.8 Å². The van der Waals surface area contributed by atoms with Crippen LogP contribution in [0.2, 0.25) is 0 Å². The molecular weight excluding hydrogens is 276 g/mol. The van der Waals surface area contributed by atoms with Gasteiger partial charge in [-0.3, -0.25) is 4.90 Å². The summed E-state index contributed by atoms with van der Waals surface area (Å²) in [6.07, 6.45) is 5.98. The van der Waals surface area contributed by atoms with Gasteiger partial charge in [0.2, 0.25) is 0 Å². The standard InChI is InChI=1S/C17H28N4O/c1-13(2)10-20-7-8-21(11-14(20)6-9-22)17-15-4-3-5-16(15)18-12-19-17/h12-14,22H,3-11H2,1-2H3. The number of piperazine rings is 1. The van der Waals surface area contributed by atoms with E-state index in [1.54, 1.807) is 6.33 Å². The molecular formula is C17H28N4O. The van der Waals surface area contributed by atoms with Gasteiger partial charge in [-0.05, 0) is 31.6 Å². The highest BCUT2D eigenvalue weighted by Gasteiger charge is 2.30. The second-order valence-electron chi connectivity index (χ2n) is 6.98. The van der Waals surface area contributed by atoms with Gasteiger partial charge in [-0.2, -0.15) is 0 Å². The maximum atomic E-state index is 9.41. The molecule has 1 aliphatic carbocycles. The molecule has 0 amide bonds. The summed E-state index contributed by atoms with van der Waals surface area (Å²) in [7, 11) is 0. The molecule has 1 fully saturated rings. The molecule has 0 radical (unpaired) electrons. The van der Waals surface area contributed by atoms with Crippen molar-refractivity contribution in [1.82, 2.24) is 14.9 Å². The molecule has 1 saturated heterocycles. The Morgan fingerprint density at radius 3 is 2.91 bits per heavy atom. The fourth-order valence-electron chi connectivity index (χ4n) is 3.83. The van der Waals surface area contributed by atoms with E-state index >= 15 is 0 Å². The lowest BCUT2D eigenvalue weighted by Crippen LogP contribution is -2.54. The molecule has 0 bridgehead atoms. The molecule has 0 saturated carbocycles. The number of hydrogen-bond acceptors (Lipinski definition) is 5. The molecule has 3 rings (SSSR count). The second-order valence-corrected chi connectivity index (χ2v) is 6.98. The Labute approximate surface area is 133 Å². The Kier molecular flexibility index (Phi) is 4.93. The first-order chi connectivity index (χ1) is 10.7. The molecule has 0 aromatic carbocycles. The van der Waals surface area contributed by atoms with Crippen LogP contribution in [-0.2, 0) is 12.8 Å². The summed E-state index contributed by atoms with van der Waals surface area (Å²) in [5.74, 6) is 1.81. The smallest absolute Gasteiger partial charge is 0.135 e. The number of rotatable bonds is 5. The van der Waals surface area contributed by atoms with Crippen molar-refractivity contribution in [2.24, 2.45) is 5.92 Å². The van der Waals surface area contributed by atoms with Crippen molar-refractivity contribution in [3.63, 3.8) is 0 Å². The van der Waals surface area contributed by atoms with Crippen molar-refractivity contribution < 1.29 is 5.11 Å². The van der Waals surface area contributed by atoms with Gasteiger partial charge in [-0.25, -0.2) is 9.97 Å². The van der Waals surface area contributed by atoms with Crippen molar-refractivity contribution in [2.45, 2.75) is 45.6 Å². The molecule has 1 aromatic heterocycles. The lowest BCUT2D eigenvalue weighted by molar-refractivity contribution is 0.128. The van der Waals surface area contributed by atoms with Crippen molar-refractivity contribution in [1.29, 1.82) is 0 Å². The monoisotopic (exact) mass is 304 g/mol. The predicted octanol–water partition coefficient (Wildman–Crippen LogP) is 1.49. The van der Waals surface area contributed by atoms with Gasteiger partial charge in [0, 0.05) is 50.1 Å². The van der Waals surface area contributed by atoms with E-state index in [-0.39, 0.29) is 6.61 Å². The fraction of sp³-hybridized carbons (Fsp3) is 0.765. The summed E-state index contributed by atoms with van der Waals surface area (Å²) in [6.45, 7) is 8.95. The summed E-state index contributed by atoms with van der Waals surface area (Å²) >= 11 is 0. The minimum atomic E-state index is 0.259. The summed E-state index contributed by atoms with van der Waals surface area (Å²) in [5.41, 5.74) is 2.61. The van der Waals surface area contributed by atoms with Gasteiger partial charge >= 0.3 is 0 Å². The number of aliphatic hydroxyl groups excluding tert-OH is 1. The van der Waals surface area contributed by atoms with E-state index in [1.165, 1.54) is 17.7 Å². The van der Waals surface area contributed by atoms with Crippen LogP contribution in [0.5, 0.6) is 0 Å². The Balaban J connectivity index is 1.75. The van der Waals surface area contributed by atoms with Gasteiger partial charge in [-0.15, -0.1) is 0 Å². The lowest BCUT2D eigenvalue weighted by Gasteiger charge is -2.43. The molecule has 1 atom stereocenters. The van der Waals surface area contributed by atoms with Gasteiger partial charge in [0.05, 0.1) is 0 Å². The molecule has 1 aliphatic heterocycles. The van der Waals surface area contributed by atoms with Crippen LogP contribution < -0.4 is 4.90 Å². The van der Waals surface area contributed by atoms with Gasteiger partial charge in [0.25, 0.3) is 0 Å². The van der Waals surface area contributed by atoms with Crippen LogP contribution >= 0.6 is 0 Å². The van der Waals surface area contributed by atoms with Crippen LogP contribution in [0, 0.1) is 5.92 Å². The van der Waals surface area contributed by atoms with Gasteiger partial charge < -0.3 is 10.0 Å². The van der Waals surface area contributed by atoms with Crippen LogP contribution in [0.1, 0.15) is 37.9 Å². The largest absolute Gasteiger partial charge is 0.396 e. The van der Waals surface area contributed by atoms with Crippen molar-refractivity contribution in [3.05, 3.63) is 17.6 Å². The summed E-state index contributed by atoms with van der Waals surface area (Å²) < 4.78 is 0. The average molecular weight is 304 g/mol. The van der Waals surface area contributed by atoms with Crippen LogP contribution in [0.4, 0.5) is 5.82 Å². The van der Waals surface area contributed by atoms with E-state index in [0.29, 0.717) is 12.0 Å². The Bertz CT molecular complexity index is 505. The zero-order valence-electron chi connectivity index (χ0n) is 13.8. The third-order valence-corrected chi connectivity index (χ3v) is 4.82. The molecule has 22 heavy (non-hydrogen) atoms. The molecule has 2 aliphatic rings. The van der Waals surface area contributed by atoms with E-state index in [0.717, 1.165) is 51.3 Å². The van der Waals surface area contributed by atoms with Gasteiger partial charge in [0.1, 0.15) is 12.1 Å². The van der Waals surface area contributed by atoms with Gasteiger partial charge in [0.15, 0.2) is 0 Å². The summed E-state index contributed by atoms with van der Waals surface area (Å²) in [6, 6.07) is 0.424. The Hall–Kier alpha value is -1.20. The summed E-state index contributed by atoms with van der Waals surface area (Å²) in [5, 5.41) is 9.41. The maximum Gasteiger partial charge on any atom is 0.135 e. The molecule has 5 heteroatoms. The van der Waals surface area contributed by atoms with E-state index in [1.807, 2.05) is 0 Å². The number of aromatic nitrogens is 2. The molecule has 122 valence electrons. The summed E-state index contributed by atoms with van der Waals surface area (Å²) in [4.78, 5) is 14.0. The normalized spacial score (nSPS) is 22.4. The molecule has 1 N–H and O–H groups in total. The van der Waals surface area contributed by atoms with Crippen LogP contribution in [-0.4, -0.2) is 58.8 Å². The van der Waals surface area contributed by atoms with Crippen molar-refractivity contribution in [3.8, 4) is 0 Å². The first kappa shape index (κ1) is 15.7. The maximum absolute atomic E-state index is 9.41. The number of anilines is 1. The van der Waals surface area contributed by atoms with Crippen LogP contribution in [0.15, 0.2) is 6.33 Å². The highest BCUT2D eigenvalue weighted by molar-refractivity contribution is 5.51. The molecule has 1 aromatic rings. The number of aliphatic hydroxyl groups is 1. The minimum Gasteiger partial charge on any atom is -0.396 e. The number of hydrogen-bond donors (Lipinski definition) is 1. The van der Waals surface area contributed by atoms with E-state index in [4.69, 9.17) is 0 Å². The Morgan fingerprint density at radius 2 is 2.14 bits per heavy atom. The third-order valence-electron chi connectivity index (χ3n) is 4.82. The molecule has 1 unspecified atom stereocenters. The average Bonchev–Trinajstić information content (AvgIpc) is 2.97. The first-order valence-electron chi connectivity index (χ1n) is 8.61. The third kappa shape index (κ3) is 3.25. The molecule has 5 nitrogen and oxygen atoms in total.